The van der Waals surface area contributed by atoms with Crippen molar-refractivity contribution in [2.75, 3.05) is 17.9 Å². The van der Waals surface area contributed by atoms with Gasteiger partial charge in [-0.2, -0.15) is 0 Å². The van der Waals surface area contributed by atoms with E-state index in [9.17, 15) is 12.8 Å². The van der Waals surface area contributed by atoms with Crippen molar-refractivity contribution >= 4 is 26.5 Å². The van der Waals surface area contributed by atoms with Crippen LogP contribution in [0.5, 0.6) is 5.75 Å². The maximum absolute atomic E-state index is 15.2. The van der Waals surface area contributed by atoms with Gasteiger partial charge in [-0.1, -0.05) is 18.6 Å². The number of nitrogens with zero attached hydrogens (tertiary/aromatic N) is 2. The van der Waals surface area contributed by atoms with Gasteiger partial charge in [-0.3, -0.25) is 9.62 Å². The Morgan fingerprint density at radius 3 is 2.67 bits per heavy atom. The number of piperidine rings is 1. The van der Waals surface area contributed by atoms with Crippen molar-refractivity contribution in [2.24, 2.45) is 0 Å². The molecule has 3 heterocycles. The number of ether oxygens (including phenoxy) is 1. The fourth-order valence-corrected chi connectivity index (χ4v) is 6.60. The third kappa shape index (κ3) is 4.47. The number of hydrogen-bond donors (Lipinski definition) is 1. The fraction of sp³-hybridized carbons (Fsp3) is 0.348. The van der Waals surface area contributed by atoms with Crippen molar-refractivity contribution in [3.63, 3.8) is 0 Å². The van der Waals surface area contributed by atoms with E-state index in [-0.39, 0.29) is 23.0 Å². The van der Waals surface area contributed by atoms with Crippen LogP contribution in [0.4, 0.5) is 13.9 Å². The highest BCUT2D eigenvalue weighted by molar-refractivity contribution is 7.93. The number of likely N-dealkylation sites (tertiary alicyclic amines) is 1. The van der Waals surface area contributed by atoms with E-state index in [4.69, 9.17) is 4.74 Å². The van der Waals surface area contributed by atoms with Crippen LogP contribution < -0.4 is 9.46 Å². The topological polar surface area (TPSA) is 71.5 Å². The quantitative estimate of drug-likeness (QED) is 0.526. The lowest BCUT2D eigenvalue weighted by atomic mass is 9.89. The molecule has 1 fully saturated rings. The molecule has 0 saturated carbocycles. The number of nitrogens with one attached hydrogen (secondary N) is 1. The Bertz CT molecular complexity index is 1230. The van der Waals surface area contributed by atoms with Crippen LogP contribution in [0.25, 0.3) is 0 Å². The van der Waals surface area contributed by atoms with Gasteiger partial charge in [-0.05, 0) is 43.1 Å². The zero-order valence-corrected chi connectivity index (χ0v) is 19.3. The van der Waals surface area contributed by atoms with Crippen LogP contribution in [0, 0.1) is 11.6 Å². The van der Waals surface area contributed by atoms with Crippen molar-refractivity contribution in [3.05, 3.63) is 70.7 Å². The molecule has 2 aliphatic heterocycles. The van der Waals surface area contributed by atoms with E-state index in [1.807, 2.05) is 0 Å². The van der Waals surface area contributed by atoms with Gasteiger partial charge in [0.15, 0.2) is 5.13 Å². The number of anilines is 1. The number of thiazole rings is 1. The Hall–Kier alpha value is -2.56. The first-order valence-corrected chi connectivity index (χ1v) is 13.2. The number of halogens is 2. The van der Waals surface area contributed by atoms with E-state index < -0.39 is 20.7 Å². The van der Waals surface area contributed by atoms with E-state index in [0.29, 0.717) is 24.3 Å². The lowest BCUT2D eigenvalue weighted by Crippen LogP contribution is -2.39. The predicted octanol–water partition coefficient (Wildman–Crippen LogP) is 5.27. The summed E-state index contributed by atoms with van der Waals surface area (Å²) in [5, 5.41) is 1.80. The highest BCUT2D eigenvalue weighted by Crippen LogP contribution is 2.44. The number of hydrogen-bond acceptors (Lipinski definition) is 6. The summed E-state index contributed by atoms with van der Waals surface area (Å²) in [5.74, 6) is -0.737. The molecule has 174 valence electrons. The molecular weight excluding hydrogens is 468 g/mol. The maximum atomic E-state index is 15.2. The molecule has 5 rings (SSSR count). The van der Waals surface area contributed by atoms with E-state index in [0.717, 1.165) is 42.7 Å². The monoisotopic (exact) mass is 491 g/mol. The molecule has 0 aliphatic carbocycles. The Morgan fingerprint density at radius 2 is 1.91 bits per heavy atom. The molecule has 1 saturated heterocycles. The minimum atomic E-state index is -4.15. The summed E-state index contributed by atoms with van der Waals surface area (Å²) in [7, 11) is -4.15. The van der Waals surface area contributed by atoms with Crippen molar-refractivity contribution in [3.8, 4) is 5.75 Å². The van der Waals surface area contributed by atoms with Gasteiger partial charge in [-0.15, -0.1) is 11.3 Å². The number of sulfonamides is 1. The lowest BCUT2D eigenvalue weighted by molar-refractivity contribution is 0.0665. The first-order valence-electron chi connectivity index (χ1n) is 10.8. The largest absolute Gasteiger partial charge is 0.493 e. The molecule has 2 aromatic carbocycles. The Morgan fingerprint density at radius 1 is 1.09 bits per heavy atom. The van der Waals surface area contributed by atoms with Crippen molar-refractivity contribution in [1.29, 1.82) is 0 Å². The van der Waals surface area contributed by atoms with Crippen LogP contribution in [-0.4, -0.2) is 31.5 Å². The van der Waals surface area contributed by atoms with Gasteiger partial charge < -0.3 is 4.74 Å². The van der Waals surface area contributed by atoms with Gasteiger partial charge in [0.1, 0.15) is 22.3 Å². The molecule has 6 nitrogen and oxygen atoms in total. The zero-order chi connectivity index (χ0) is 23.0. The summed E-state index contributed by atoms with van der Waals surface area (Å²) < 4.78 is 62.3. The molecule has 1 N–H and O–H groups in total. The molecule has 2 aliphatic rings. The number of aromatic nitrogens is 1. The summed E-state index contributed by atoms with van der Waals surface area (Å²) in [6, 6.07) is 9.04. The average molecular weight is 492 g/mol. The van der Waals surface area contributed by atoms with Crippen molar-refractivity contribution < 1.29 is 21.9 Å². The summed E-state index contributed by atoms with van der Waals surface area (Å²) >= 11 is 1.11. The molecule has 33 heavy (non-hydrogen) atoms. The zero-order valence-electron chi connectivity index (χ0n) is 17.7. The van der Waals surface area contributed by atoms with Gasteiger partial charge in [0.05, 0.1) is 6.61 Å². The Balaban J connectivity index is 1.48. The molecule has 0 bridgehead atoms. The second-order valence-corrected chi connectivity index (χ2v) is 10.8. The number of fused-ring (bicyclic) bond motifs is 1. The highest BCUT2D eigenvalue weighted by atomic mass is 32.2. The minimum Gasteiger partial charge on any atom is -0.493 e. The van der Waals surface area contributed by atoms with Crippen LogP contribution in [0.3, 0.4) is 0 Å². The van der Waals surface area contributed by atoms with E-state index in [1.165, 1.54) is 30.5 Å². The molecular formula is C23H23F2N3O3S2. The van der Waals surface area contributed by atoms with Crippen LogP contribution in [-0.2, 0) is 10.0 Å². The first kappa shape index (κ1) is 22.2. The molecule has 0 spiro atoms. The standard InChI is InChI=1S/C23H23F2N3O3S2/c24-16-6-4-15(5-7-16)19-3-1-2-10-28(19)20-8-11-31-21-14-22(18(25)13-17(20)21)33(29,30)27-23-26-9-12-32-23/h4-7,9,12-14,19-20H,1-3,8,10-11H2,(H,26,27)/t19-,20+/m0/s1. The Kier molecular flexibility index (Phi) is 6.07. The van der Waals surface area contributed by atoms with E-state index in [2.05, 4.69) is 14.6 Å². The number of rotatable bonds is 5. The summed E-state index contributed by atoms with van der Waals surface area (Å²) in [6.07, 6.45) is 5.12. The second kappa shape index (κ2) is 9.00. The molecule has 0 unspecified atom stereocenters. The van der Waals surface area contributed by atoms with Gasteiger partial charge in [0.2, 0.25) is 0 Å². The van der Waals surface area contributed by atoms with Crippen LogP contribution >= 0.6 is 11.3 Å². The first-order chi connectivity index (χ1) is 15.9. The SMILES string of the molecule is O=S(=O)(Nc1nccs1)c1cc2c(cc1F)[C@H](N1CCCC[C@H]1c1ccc(F)cc1)CCO2. The maximum Gasteiger partial charge on any atom is 0.266 e. The van der Waals surface area contributed by atoms with Crippen LogP contribution in [0.1, 0.15) is 48.9 Å². The van der Waals surface area contributed by atoms with Gasteiger partial charge >= 0.3 is 0 Å². The van der Waals surface area contributed by atoms with Crippen molar-refractivity contribution in [2.45, 2.75) is 42.7 Å². The molecule has 1 aromatic heterocycles. The summed E-state index contributed by atoms with van der Waals surface area (Å²) in [6.45, 7) is 1.22. The van der Waals surface area contributed by atoms with Gasteiger partial charge in [0, 0.05) is 41.7 Å². The van der Waals surface area contributed by atoms with Gasteiger partial charge in [0.25, 0.3) is 10.0 Å². The third-order valence-electron chi connectivity index (χ3n) is 6.21. The van der Waals surface area contributed by atoms with Crippen LogP contribution in [0.15, 0.2) is 52.9 Å². The normalized spacial score (nSPS) is 21.3. The summed E-state index contributed by atoms with van der Waals surface area (Å²) in [4.78, 5) is 5.76. The fourth-order valence-electron chi connectivity index (χ4n) is 4.74. The van der Waals surface area contributed by atoms with Crippen molar-refractivity contribution in [1.82, 2.24) is 9.88 Å². The minimum absolute atomic E-state index is 0.0772. The van der Waals surface area contributed by atoms with E-state index >= 15 is 4.39 Å². The predicted molar refractivity (Wildman–Crippen MR) is 122 cm³/mol. The second-order valence-electron chi connectivity index (χ2n) is 8.22. The van der Waals surface area contributed by atoms with Gasteiger partial charge in [-0.25, -0.2) is 22.2 Å². The van der Waals surface area contributed by atoms with E-state index in [1.54, 1.807) is 17.5 Å². The lowest BCUT2D eigenvalue weighted by Gasteiger charge is -2.43. The molecule has 2 atom stereocenters. The summed E-state index contributed by atoms with van der Waals surface area (Å²) in [5.41, 5.74) is 1.66. The molecule has 0 radical (unpaired) electrons. The Labute approximate surface area is 195 Å². The molecule has 0 amide bonds. The number of benzene rings is 2. The average Bonchev–Trinajstić information content (AvgIpc) is 3.31. The smallest absolute Gasteiger partial charge is 0.266 e. The van der Waals surface area contributed by atoms with Crippen LogP contribution in [0.2, 0.25) is 0 Å². The highest BCUT2D eigenvalue weighted by Gasteiger charge is 2.36. The molecule has 10 heteroatoms. The third-order valence-corrected chi connectivity index (χ3v) is 8.39. The molecule has 3 aromatic rings.